The van der Waals surface area contributed by atoms with Gasteiger partial charge < -0.3 is 9.47 Å². The lowest BCUT2D eigenvalue weighted by Gasteiger charge is -2.58. The number of hydrogen-bond donors (Lipinski definition) is 0. The molecular weight excluding hydrogens is 697 g/mol. The van der Waals surface area contributed by atoms with Gasteiger partial charge in [0.25, 0.3) is 0 Å². The van der Waals surface area contributed by atoms with Gasteiger partial charge >= 0.3 is 6.16 Å². The second kappa shape index (κ2) is 16.2. The maximum Gasteiger partial charge on any atom is 0.508 e. The molecule has 3 nitrogen and oxygen atoms in total. The molecule has 8 rings (SSSR count). The Bertz CT molecular complexity index is 1510. The number of ether oxygens (including phenoxy) is 2. The van der Waals surface area contributed by atoms with Crippen LogP contribution in [0.25, 0.3) is 0 Å². The zero-order chi connectivity index (χ0) is 40.5. The van der Waals surface area contributed by atoms with Gasteiger partial charge in [-0.15, -0.1) is 0 Å². The van der Waals surface area contributed by atoms with Crippen LogP contribution in [0, 0.1) is 92.7 Å². The molecule has 3 heteroatoms. The van der Waals surface area contributed by atoms with Gasteiger partial charge in [-0.1, -0.05) is 125 Å². The minimum atomic E-state index is -0.397. The standard InChI is InChI=1S/C54H88O3/c1-34(2)12-11-13-36(5)44-20-22-46-42-18-16-38-32-40(24-28-51(38,7)48(42)26-30-53(44,46)9)56-50(55)57-41-25-29-52(8)39(33-41)17-19-43-47-23-21-45(37(6)15-14-35(3)4)54(47,10)31-27-49(43)52/h16-17,34-37,40-49H,11-15,18-33H2,1-10H3/t36?,37?,40-,41+,42?,43?,44?,45?,46?,47?,48?,49?,51?,52?,53?,54?/m0/s1. The molecule has 0 radical (unpaired) electrons. The minimum absolute atomic E-state index is 0.0341. The van der Waals surface area contributed by atoms with E-state index in [1.807, 2.05) is 0 Å². The van der Waals surface area contributed by atoms with Gasteiger partial charge in [0.15, 0.2) is 0 Å². The molecule has 0 N–H and O–H groups in total. The van der Waals surface area contributed by atoms with Crippen LogP contribution in [-0.2, 0) is 9.47 Å². The van der Waals surface area contributed by atoms with Crippen LogP contribution >= 0.6 is 0 Å². The lowest BCUT2D eigenvalue weighted by Crippen LogP contribution is -2.51. The molecule has 0 saturated heterocycles. The van der Waals surface area contributed by atoms with Crippen LogP contribution in [-0.4, -0.2) is 18.4 Å². The van der Waals surface area contributed by atoms with E-state index in [2.05, 4.69) is 81.4 Å². The summed E-state index contributed by atoms with van der Waals surface area (Å²) in [5.74, 6) is 10.2. The molecule has 322 valence electrons. The van der Waals surface area contributed by atoms with Crippen molar-refractivity contribution in [2.24, 2.45) is 92.7 Å². The van der Waals surface area contributed by atoms with Gasteiger partial charge in [0.05, 0.1) is 0 Å². The highest BCUT2D eigenvalue weighted by atomic mass is 16.7. The first-order chi connectivity index (χ1) is 27.1. The van der Waals surface area contributed by atoms with Crippen molar-refractivity contribution in [3.05, 3.63) is 23.3 Å². The maximum absolute atomic E-state index is 13.5. The van der Waals surface area contributed by atoms with Gasteiger partial charge in [-0.05, 0) is 183 Å². The zero-order valence-corrected chi connectivity index (χ0v) is 38.8. The van der Waals surface area contributed by atoms with E-state index < -0.39 is 6.16 Å². The molecule has 0 spiro atoms. The number of fused-ring (bicyclic) bond motifs is 10. The molecule has 0 bridgehead atoms. The molecule has 0 heterocycles. The van der Waals surface area contributed by atoms with Crippen molar-refractivity contribution in [1.29, 1.82) is 0 Å². The van der Waals surface area contributed by atoms with Crippen LogP contribution in [0.1, 0.15) is 204 Å². The predicted octanol–water partition coefficient (Wildman–Crippen LogP) is 15.6. The number of carbonyl (C=O) groups excluding carboxylic acids is 1. The SMILES string of the molecule is CC(C)CCCC(C)C1CCC2C3CC=C4C[C@@H](OC(=O)O[C@@H]5CCC6(C)C(=CCC7C6CCC6(C)C(C(C)CCC(C)C)CCC76)C5)CCC4(C)C3CCC12C. The van der Waals surface area contributed by atoms with E-state index in [4.69, 9.17) is 9.47 Å². The summed E-state index contributed by atoms with van der Waals surface area (Å²) in [5.41, 5.74) is 4.80. The third-order valence-corrected chi connectivity index (χ3v) is 20.8. The zero-order valence-electron chi connectivity index (χ0n) is 38.8. The molecule has 8 aliphatic rings. The van der Waals surface area contributed by atoms with Crippen LogP contribution in [0.4, 0.5) is 4.79 Å². The Hall–Kier alpha value is -1.25. The fraction of sp³-hybridized carbons (Fsp3) is 0.907. The second-order valence-corrected chi connectivity index (χ2v) is 24.4. The largest absolute Gasteiger partial charge is 0.508 e. The topological polar surface area (TPSA) is 35.5 Å². The van der Waals surface area contributed by atoms with Gasteiger partial charge in [-0.3, -0.25) is 0 Å². The first-order valence-electron chi connectivity index (χ1n) is 25.3. The summed E-state index contributed by atoms with van der Waals surface area (Å²) < 4.78 is 12.5. The first kappa shape index (κ1) is 42.4. The Morgan fingerprint density at radius 3 is 1.47 bits per heavy atom. The second-order valence-electron chi connectivity index (χ2n) is 24.4. The molecule has 0 aromatic carbocycles. The Morgan fingerprint density at radius 2 is 1.02 bits per heavy atom. The highest BCUT2D eigenvalue weighted by Crippen LogP contribution is 2.69. The van der Waals surface area contributed by atoms with Crippen molar-refractivity contribution in [1.82, 2.24) is 0 Å². The van der Waals surface area contributed by atoms with E-state index in [1.165, 1.54) is 96.3 Å². The average molecular weight is 785 g/mol. The Balaban J connectivity index is 0.843. The maximum atomic E-state index is 13.5. The van der Waals surface area contributed by atoms with Crippen molar-refractivity contribution in [2.45, 2.75) is 216 Å². The Kier molecular flexibility index (Phi) is 12.1. The number of hydrogen-bond acceptors (Lipinski definition) is 3. The van der Waals surface area contributed by atoms with Crippen molar-refractivity contribution in [3.8, 4) is 0 Å². The molecule has 57 heavy (non-hydrogen) atoms. The molecular formula is C54H88O3. The van der Waals surface area contributed by atoms with Crippen molar-refractivity contribution in [3.63, 3.8) is 0 Å². The van der Waals surface area contributed by atoms with E-state index in [0.717, 1.165) is 110 Å². The number of allylic oxidation sites excluding steroid dienone is 2. The third-order valence-electron chi connectivity index (χ3n) is 20.8. The third kappa shape index (κ3) is 7.58. The highest BCUT2D eigenvalue weighted by molar-refractivity contribution is 5.60. The van der Waals surface area contributed by atoms with Gasteiger partial charge in [0, 0.05) is 12.8 Å². The molecule has 14 unspecified atom stereocenters. The summed E-state index contributed by atoms with van der Waals surface area (Å²) in [4.78, 5) is 13.5. The van der Waals surface area contributed by atoms with Gasteiger partial charge in [-0.25, -0.2) is 4.79 Å². The lowest BCUT2D eigenvalue weighted by atomic mass is 9.47. The summed E-state index contributed by atoms with van der Waals surface area (Å²) in [5, 5.41) is 0. The van der Waals surface area contributed by atoms with Crippen LogP contribution in [0.3, 0.4) is 0 Å². The van der Waals surface area contributed by atoms with Crippen LogP contribution < -0.4 is 0 Å². The molecule has 0 amide bonds. The van der Waals surface area contributed by atoms with Crippen molar-refractivity contribution >= 4 is 6.16 Å². The normalized spacial score (nSPS) is 46.0. The Labute approximate surface area is 351 Å². The molecule has 0 aliphatic heterocycles. The van der Waals surface area contributed by atoms with Crippen molar-refractivity contribution in [2.75, 3.05) is 0 Å². The first-order valence-corrected chi connectivity index (χ1v) is 25.3. The lowest BCUT2D eigenvalue weighted by molar-refractivity contribution is -0.0717. The Morgan fingerprint density at radius 1 is 0.561 bits per heavy atom. The highest BCUT2D eigenvalue weighted by Gasteiger charge is 2.61. The van der Waals surface area contributed by atoms with E-state index >= 15 is 0 Å². The van der Waals surface area contributed by atoms with Crippen LogP contribution in [0.15, 0.2) is 23.3 Å². The predicted molar refractivity (Wildman–Crippen MR) is 237 cm³/mol. The monoisotopic (exact) mass is 785 g/mol. The molecule has 8 aliphatic carbocycles. The quantitative estimate of drug-likeness (QED) is 0.155. The summed E-state index contributed by atoms with van der Waals surface area (Å²) in [6.07, 6.45) is 31.8. The van der Waals surface area contributed by atoms with E-state index in [9.17, 15) is 4.79 Å². The molecule has 16 atom stereocenters. The smallest absolute Gasteiger partial charge is 0.431 e. The van der Waals surface area contributed by atoms with Crippen LogP contribution in [0.2, 0.25) is 0 Å². The van der Waals surface area contributed by atoms with Gasteiger partial charge in [0.2, 0.25) is 0 Å². The minimum Gasteiger partial charge on any atom is -0.431 e. The van der Waals surface area contributed by atoms with E-state index in [1.54, 1.807) is 11.1 Å². The number of carbonyl (C=O) groups is 1. The summed E-state index contributed by atoms with van der Waals surface area (Å²) >= 11 is 0. The number of rotatable bonds is 11. The molecule has 0 aromatic rings. The summed E-state index contributed by atoms with van der Waals surface area (Å²) in [7, 11) is 0. The fourth-order valence-electron chi connectivity index (χ4n) is 17.6. The van der Waals surface area contributed by atoms with Gasteiger partial charge in [0.1, 0.15) is 12.2 Å². The van der Waals surface area contributed by atoms with Crippen molar-refractivity contribution < 1.29 is 14.3 Å². The summed E-state index contributed by atoms with van der Waals surface area (Å²) in [6, 6.07) is 0. The summed E-state index contributed by atoms with van der Waals surface area (Å²) in [6.45, 7) is 25.3. The van der Waals surface area contributed by atoms with Crippen LogP contribution in [0.5, 0.6) is 0 Å². The van der Waals surface area contributed by atoms with E-state index in [-0.39, 0.29) is 23.0 Å². The molecule has 6 saturated carbocycles. The fourth-order valence-corrected chi connectivity index (χ4v) is 17.6. The molecule has 0 aromatic heterocycles. The van der Waals surface area contributed by atoms with E-state index in [0.29, 0.717) is 10.8 Å². The average Bonchev–Trinajstić information content (AvgIpc) is 3.71. The van der Waals surface area contributed by atoms with Gasteiger partial charge in [-0.2, -0.15) is 0 Å². The molecule has 6 fully saturated rings.